The van der Waals surface area contributed by atoms with Gasteiger partial charge in [-0.3, -0.25) is 4.79 Å². The third-order valence-electron chi connectivity index (χ3n) is 4.40. The molecular formula is C19H28FN3O2. The van der Waals surface area contributed by atoms with E-state index in [9.17, 15) is 14.0 Å². The lowest BCUT2D eigenvalue weighted by atomic mass is 9.91. The summed E-state index contributed by atoms with van der Waals surface area (Å²) in [5.74, 6) is -0.630. The van der Waals surface area contributed by atoms with Crippen LogP contribution in [-0.2, 0) is 0 Å². The SMILES string of the molecule is C[C@H](NC(=O)NC(C)(C)C)[C@@H]1CCCN(C(=O)c2ccccc2F)C1. The molecular weight excluding hydrogens is 321 g/mol. The number of benzene rings is 1. The molecule has 1 aromatic rings. The fourth-order valence-electron chi connectivity index (χ4n) is 3.11. The number of rotatable bonds is 3. The highest BCUT2D eigenvalue weighted by molar-refractivity contribution is 5.94. The van der Waals surface area contributed by atoms with E-state index in [1.807, 2.05) is 27.7 Å². The van der Waals surface area contributed by atoms with Crippen molar-refractivity contribution < 1.29 is 14.0 Å². The number of urea groups is 1. The number of nitrogens with zero attached hydrogens (tertiary/aromatic N) is 1. The second-order valence-corrected chi connectivity index (χ2v) is 7.77. The van der Waals surface area contributed by atoms with Crippen LogP contribution in [-0.4, -0.2) is 41.5 Å². The van der Waals surface area contributed by atoms with E-state index in [2.05, 4.69) is 10.6 Å². The molecule has 1 saturated heterocycles. The quantitative estimate of drug-likeness (QED) is 0.880. The molecule has 1 aromatic carbocycles. The number of likely N-dealkylation sites (tertiary alicyclic amines) is 1. The molecule has 0 spiro atoms. The van der Waals surface area contributed by atoms with E-state index < -0.39 is 5.82 Å². The van der Waals surface area contributed by atoms with Gasteiger partial charge in [0.05, 0.1) is 5.56 Å². The Morgan fingerprint density at radius 3 is 2.60 bits per heavy atom. The first-order valence-corrected chi connectivity index (χ1v) is 8.80. The Balaban J connectivity index is 1.97. The van der Waals surface area contributed by atoms with Gasteiger partial charge in [0.15, 0.2) is 0 Å². The summed E-state index contributed by atoms with van der Waals surface area (Å²) in [6, 6.07) is 5.77. The Labute approximate surface area is 149 Å². The minimum Gasteiger partial charge on any atom is -0.338 e. The van der Waals surface area contributed by atoms with Crippen molar-refractivity contribution in [3.8, 4) is 0 Å². The summed E-state index contributed by atoms with van der Waals surface area (Å²) in [6.45, 7) is 8.85. The van der Waals surface area contributed by atoms with E-state index in [0.717, 1.165) is 12.8 Å². The van der Waals surface area contributed by atoms with Crippen LogP contribution in [0.2, 0.25) is 0 Å². The highest BCUT2D eigenvalue weighted by Gasteiger charge is 2.30. The van der Waals surface area contributed by atoms with E-state index in [1.54, 1.807) is 17.0 Å². The van der Waals surface area contributed by atoms with Gasteiger partial charge in [-0.25, -0.2) is 9.18 Å². The molecule has 2 N–H and O–H groups in total. The van der Waals surface area contributed by atoms with Crippen molar-refractivity contribution in [1.82, 2.24) is 15.5 Å². The zero-order chi connectivity index (χ0) is 18.6. The van der Waals surface area contributed by atoms with Crippen LogP contribution in [0, 0.1) is 11.7 Å². The van der Waals surface area contributed by atoms with Crippen molar-refractivity contribution in [1.29, 1.82) is 0 Å². The first-order valence-electron chi connectivity index (χ1n) is 8.80. The number of carbonyl (C=O) groups excluding carboxylic acids is 2. The first kappa shape index (κ1) is 19.2. The van der Waals surface area contributed by atoms with Gasteiger partial charge in [-0.05, 0) is 58.6 Å². The van der Waals surface area contributed by atoms with Crippen molar-refractivity contribution in [2.75, 3.05) is 13.1 Å². The number of halogens is 1. The maximum Gasteiger partial charge on any atom is 0.315 e. The third kappa shape index (κ3) is 5.44. The van der Waals surface area contributed by atoms with Crippen molar-refractivity contribution >= 4 is 11.9 Å². The zero-order valence-electron chi connectivity index (χ0n) is 15.4. The average molecular weight is 349 g/mol. The summed E-state index contributed by atoms with van der Waals surface area (Å²) < 4.78 is 13.9. The van der Waals surface area contributed by atoms with Crippen molar-refractivity contribution in [2.45, 2.75) is 52.1 Å². The molecule has 5 nitrogen and oxygen atoms in total. The van der Waals surface area contributed by atoms with Gasteiger partial charge in [-0.1, -0.05) is 12.1 Å². The largest absolute Gasteiger partial charge is 0.338 e. The summed E-state index contributed by atoms with van der Waals surface area (Å²) in [5.41, 5.74) is -0.197. The fraction of sp³-hybridized carbons (Fsp3) is 0.579. The van der Waals surface area contributed by atoms with Crippen LogP contribution in [0.4, 0.5) is 9.18 Å². The molecule has 0 saturated carbocycles. The maximum absolute atomic E-state index is 13.9. The predicted molar refractivity (Wildman–Crippen MR) is 95.9 cm³/mol. The fourth-order valence-corrected chi connectivity index (χ4v) is 3.11. The van der Waals surface area contributed by atoms with E-state index >= 15 is 0 Å². The smallest absolute Gasteiger partial charge is 0.315 e. The lowest BCUT2D eigenvalue weighted by molar-refractivity contribution is 0.0649. The molecule has 2 rings (SSSR count). The number of hydrogen-bond acceptors (Lipinski definition) is 2. The van der Waals surface area contributed by atoms with Crippen molar-refractivity contribution in [3.63, 3.8) is 0 Å². The Bertz CT molecular complexity index is 627. The number of piperidine rings is 1. The molecule has 1 fully saturated rings. The van der Waals surface area contributed by atoms with E-state index in [0.29, 0.717) is 13.1 Å². The second kappa shape index (κ2) is 7.85. The minimum absolute atomic E-state index is 0.0708. The molecule has 0 radical (unpaired) electrons. The zero-order valence-corrected chi connectivity index (χ0v) is 15.4. The third-order valence-corrected chi connectivity index (χ3v) is 4.40. The van der Waals surface area contributed by atoms with Crippen LogP contribution in [0.5, 0.6) is 0 Å². The molecule has 1 heterocycles. The molecule has 2 atom stereocenters. The summed E-state index contributed by atoms with van der Waals surface area (Å²) in [5, 5.41) is 5.83. The standard InChI is InChI=1S/C19H28FN3O2/c1-13(21-18(25)22-19(2,3)4)14-8-7-11-23(12-14)17(24)15-9-5-6-10-16(15)20/h5-6,9-10,13-14H,7-8,11-12H2,1-4H3,(H2,21,22,25)/t13-,14+/m0/s1. The van der Waals surface area contributed by atoms with Crippen molar-refractivity contribution in [3.05, 3.63) is 35.6 Å². The minimum atomic E-state index is -0.495. The first-order chi connectivity index (χ1) is 11.7. The Morgan fingerprint density at radius 1 is 1.28 bits per heavy atom. The maximum atomic E-state index is 13.9. The van der Waals surface area contributed by atoms with Gasteiger partial charge in [0.2, 0.25) is 0 Å². The summed E-state index contributed by atoms with van der Waals surface area (Å²) in [7, 11) is 0. The van der Waals surface area contributed by atoms with Crippen LogP contribution < -0.4 is 10.6 Å². The van der Waals surface area contributed by atoms with Gasteiger partial charge in [0, 0.05) is 24.7 Å². The number of carbonyl (C=O) groups is 2. The van der Waals surface area contributed by atoms with Crippen LogP contribution in [0.25, 0.3) is 0 Å². The van der Waals surface area contributed by atoms with E-state index in [1.165, 1.54) is 12.1 Å². The van der Waals surface area contributed by atoms with Gasteiger partial charge < -0.3 is 15.5 Å². The highest BCUT2D eigenvalue weighted by atomic mass is 19.1. The lowest BCUT2D eigenvalue weighted by Crippen LogP contribution is -2.53. The molecule has 3 amide bonds. The van der Waals surface area contributed by atoms with E-state index in [4.69, 9.17) is 0 Å². The molecule has 6 heteroatoms. The van der Waals surface area contributed by atoms with Crippen LogP contribution in [0.1, 0.15) is 50.9 Å². The van der Waals surface area contributed by atoms with E-state index in [-0.39, 0.29) is 35.0 Å². The number of hydrogen-bond donors (Lipinski definition) is 2. The molecule has 0 bridgehead atoms. The Kier molecular flexibility index (Phi) is 6.03. The molecule has 0 aromatic heterocycles. The summed E-state index contributed by atoms with van der Waals surface area (Å²) in [4.78, 5) is 26.3. The van der Waals surface area contributed by atoms with Gasteiger partial charge in [-0.2, -0.15) is 0 Å². The average Bonchev–Trinajstić information content (AvgIpc) is 2.53. The summed E-state index contributed by atoms with van der Waals surface area (Å²) >= 11 is 0. The van der Waals surface area contributed by atoms with Crippen LogP contribution >= 0.6 is 0 Å². The molecule has 1 aliphatic rings. The summed E-state index contributed by atoms with van der Waals surface area (Å²) in [6.07, 6.45) is 1.77. The van der Waals surface area contributed by atoms with Crippen LogP contribution in [0.15, 0.2) is 24.3 Å². The van der Waals surface area contributed by atoms with Gasteiger partial charge >= 0.3 is 6.03 Å². The normalized spacial score (nSPS) is 19.2. The monoisotopic (exact) mass is 349 g/mol. The predicted octanol–water partition coefficient (Wildman–Crippen LogP) is 3.16. The Hall–Kier alpha value is -2.11. The van der Waals surface area contributed by atoms with Gasteiger partial charge in [-0.15, -0.1) is 0 Å². The molecule has 0 unspecified atom stereocenters. The Morgan fingerprint density at radius 2 is 1.96 bits per heavy atom. The van der Waals surface area contributed by atoms with Gasteiger partial charge in [0.1, 0.15) is 5.82 Å². The number of amides is 3. The second-order valence-electron chi connectivity index (χ2n) is 7.77. The number of nitrogens with one attached hydrogen (secondary N) is 2. The highest BCUT2D eigenvalue weighted by Crippen LogP contribution is 2.22. The molecule has 1 aliphatic heterocycles. The molecule has 25 heavy (non-hydrogen) atoms. The molecule has 0 aliphatic carbocycles. The molecule has 138 valence electrons. The van der Waals surface area contributed by atoms with Crippen LogP contribution in [0.3, 0.4) is 0 Å². The topological polar surface area (TPSA) is 61.4 Å². The van der Waals surface area contributed by atoms with Crippen molar-refractivity contribution in [2.24, 2.45) is 5.92 Å². The lowest BCUT2D eigenvalue weighted by Gasteiger charge is -2.36. The van der Waals surface area contributed by atoms with Gasteiger partial charge in [0.25, 0.3) is 5.91 Å².